The average Bonchev–Trinajstić information content (AvgIpc) is 3.26. The zero-order valence-corrected chi connectivity index (χ0v) is 15.6. The fourth-order valence-corrected chi connectivity index (χ4v) is 2.68. The van der Waals surface area contributed by atoms with E-state index in [1.165, 1.54) is 23.8 Å². The largest absolute Gasteiger partial charge is 0.370 e. The van der Waals surface area contributed by atoms with Crippen molar-refractivity contribution in [3.05, 3.63) is 65.2 Å². The zero-order valence-electron chi connectivity index (χ0n) is 13.3. The van der Waals surface area contributed by atoms with Gasteiger partial charge in [0.15, 0.2) is 5.96 Å². The number of hydrogen-bond donors (Lipinski definition) is 2. The van der Waals surface area contributed by atoms with E-state index in [1.54, 1.807) is 0 Å². The Bertz CT molecular complexity index is 711. The Labute approximate surface area is 157 Å². The van der Waals surface area contributed by atoms with Gasteiger partial charge in [0, 0.05) is 17.2 Å². The molecule has 0 heterocycles. The van der Waals surface area contributed by atoms with Gasteiger partial charge in [-0.1, -0.05) is 25.1 Å². The molecular weight excluding hydrogens is 423 g/mol. The van der Waals surface area contributed by atoms with Gasteiger partial charge < -0.3 is 11.1 Å². The molecule has 1 fully saturated rings. The zero-order chi connectivity index (χ0) is 16.4. The highest BCUT2D eigenvalue weighted by atomic mass is 127. The molecule has 0 aliphatic heterocycles. The van der Waals surface area contributed by atoms with E-state index in [1.807, 2.05) is 24.3 Å². The van der Waals surface area contributed by atoms with Gasteiger partial charge in [0.05, 0.1) is 6.04 Å². The second kappa shape index (κ2) is 7.92. The smallest absolute Gasteiger partial charge is 0.193 e. The lowest BCUT2D eigenvalue weighted by Crippen LogP contribution is -2.23. The first-order valence-electron chi connectivity index (χ1n) is 7.71. The average molecular weight is 443 g/mol. The molecule has 3 rings (SSSR count). The molecule has 1 aliphatic rings. The van der Waals surface area contributed by atoms with Crippen molar-refractivity contribution in [2.75, 3.05) is 5.32 Å². The topological polar surface area (TPSA) is 50.4 Å². The summed E-state index contributed by atoms with van der Waals surface area (Å²) in [6.45, 7) is 2.09. The van der Waals surface area contributed by atoms with Gasteiger partial charge in [0.1, 0.15) is 11.6 Å². The van der Waals surface area contributed by atoms with Gasteiger partial charge in [-0.25, -0.2) is 13.8 Å². The van der Waals surface area contributed by atoms with Crippen LogP contribution >= 0.6 is 24.0 Å². The number of benzene rings is 2. The standard InChI is InChI=1S/C18H19F2N3.HI/c1-2-11-6-8-12(9-7-11)22-18(21)23-16-10-13(16)17-14(19)4-3-5-15(17)20;/h3-9,13,16H,2,10H2,1H3,(H3,21,22,23);1H. The first kappa shape index (κ1) is 18.6. The monoisotopic (exact) mass is 443 g/mol. The molecule has 0 amide bonds. The Kier molecular flexibility index (Phi) is 6.15. The Balaban J connectivity index is 0.00000208. The molecule has 0 aromatic heterocycles. The molecule has 3 N–H and O–H groups in total. The number of guanidine groups is 1. The highest BCUT2D eigenvalue weighted by molar-refractivity contribution is 14.0. The van der Waals surface area contributed by atoms with Gasteiger partial charge in [-0.05, 0) is 42.7 Å². The number of rotatable bonds is 4. The minimum atomic E-state index is -0.519. The maximum atomic E-state index is 13.7. The molecule has 2 aromatic rings. The second-order valence-corrected chi connectivity index (χ2v) is 5.73. The summed E-state index contributed by atoms with van der Waals surface area (Å²) in [5.74, 6) is -1.01. The van der Waals surface area contributed by atoms with E-state index >= 15 is 0 Å². The highest BCUT2D eigenvalue weighted by Gasteiger charge is 2.42. The number of aryl methyl sites for hydroxylation is 1. The predicted octanol–water partition coefficient (Wildman–Crippen LogP) is 4.43. The van der Waals surface area contributed by atoms with Crippen LogP contribution in [0.4, 0.5) is 14.5 Å². The van der Waals surface area contributed by atoms with Crippen LogP contribution in [-0.4, -0.2) is 12.0 Å². The van der Waals surface area contributed by atoms with Crippen LogP contribution in [-0.2, 0) is 6.42 Å². The summed E-state index contributed by atoms with van der Waals surface area (Å²) >= 11 is 0. The van der Waals surface area contributed by atoms with Gasteiger partial charge >= 0.3 is 0 Å². The molecule has 2 aromatic carbocycles. The van der Waals surface area contributed by atoms with E-state index in [-0.39, 0.29) is 47.5 Å². The maximum absolute atomic E-state index is 13.7. The lowest BCUT2D eigenvalue weighted by Gasteiger charge is -2.07. The normalized spacial score (nSPS) is 19.5. The minimum Gasteiger partial charge on any atom is -0.370 e. The molecule has 2 atom stereocenters. The minimum absolute atomic E-state index is 0. The van der Waals surface area contributed by atoms with Crippen LogP contribution in [0, 0.1) is 11.6 Å². The molecule has 0 bridgehead atoms. The molecule has 24 heavy (non-hydrogen) atoms. The van der Waals surface area contributed by atoms with E-state index in [4.69, 9.17) is 5.73 Å². The van der Waals surface area contributed by atoms with Crippen molar-refractivity contribution in [2.45, 2.75) is 31.7 Å². The summed E-state index contributed by atoms with van der Waals surface area (Å²) in [7, 11) is 0. The van der Waals surface area contributed by atoms with Gasteiger partial charge in [0.2, 0.25) is 0 Å². The van der Waals surface area contributed by atoms with Crippen LogP contribution in [0.5, 0.6) is 0 Å². The Morgan fingerprint density at radius 2 is 1.79 bits per heavy atom. The van der Waals surface area contributed by atoms with Crippen molar-refractivity contribution in [2.24, 2.45) is 10.7 Å². The molecule has 128 valence electrons. The van der Waals surface area contributed by atoms with Crippen molar-refractivity contribution < 1.29 is 8.78 Å². The second-order valence-electron chi connectivity index (χ2n) is 5.73. The number of hydrogen-bond acceptors (Lipinski definition) is 1. The summed E-state index contributed by atoms with van der Waals surface area (Å²) in [6, 6.07) is 11.6. The van der Waals surface area contributed by atoms with Gasteiger partial charge in [-0.15, -0.1) is 24.0 Å². The first-order valence-corrected chi connectivity index (χ1v) is 7.71. The fourth-order valence-electron chi connectivity index (χ4n) is 2.68. The van der Waals surface area contributed by atoms with Crippen molar-refractivity contribution in [1.29, 1.82) is 0 Å². The van der Waals surface area contributed by atoms with Gasteiger partial charge in [-0.3, -0.25) is 0 Å². The summed E-state index contributed by atoms with van der Waals surface area (Å²) in [4.78, 5) is 4.32. The van der Waals surface area contributed by atoms with Gasteiger partial charge in [0.25, 0.3) is 0 Å². The van der Waals surface area contributed by atoms with E-state index in [9.17, 15) is 8.78 Å². The summed E-state index contributed by atoms with van der Waals surface area (Å²) in [6.07, 6.45) is 1.58. The van der Waals surface area contributed by atoms with E-state index < -0.39 is 11.6 Å². The van der Waals surface area contributed by atoms with Crippen molar-refractivity contribution in [3.63, 3.8) is 0 Å². The van der Waals surface area contributed by atoms with Gasteiger partial charge in [-0.2, -0.15) is 0 Å². The third-order valence-corrected chi connectivity index (χ3v) is 4.07. The van der Waals surface area contributed by atoms with E-state index in [2.05, 4.69) is 17.2 Å². The number of anilines is 1. The molecule has 0 saturated heterocycles. The van der Waals surface area contributed by atoms with Crippen LogP contribution in [0.25, 0.3) is 0 Å². The summed E-state index contributed by atoms with van der Waals surface area (Å²) < 4.78 is 27.5. The molecular formula is C18H20F2IN3. The summed E-state index contributed by atoms with van der Waals surface area (Å²) in [5, 5.41) is 3.01. The molecule has 6 heteroatoms. The maximum Gasteiger partial charge on any atom is 0.193 e. The number of nitrogens with two attached hydrogens (primary N) is 1. The molecule has 1 aliphatic carbocycles. The lowest BCUT2D eigenvalue weighted by molar-refractivity contribution is 0.555. The number of aliphatic imine (C=N–C) groups is 1. The van der Waals surface area contributed by atoms with Crippen molar-refractivity contribution >= 4 is 35.6 Å². The third kappa shape index (κ3) is 4.23. The quantitative estimate of drug-likeness (QED) is 0.418. The fraction of sp³-hybridized carbons (Fsp3) is 0.278. The van der Waals surface area contributed by atoms with E-state index in [0.717, 1.165) is 12.1 Å². The van der Waals surface area contributed by atoms with E-state index in [0.29, 0.717) is 6.42 Å². The SMILES string of the molecule is CCc1ccc(NC(N)=NC2CC2c2c(F)cccc2F)cc1.I. The van der Waals surface area contributed by atoms with Crippen LogP contribution in [0.3, 0.4) is 0 Å². The molecule has 1 saturated carbocycles. The van der Waals surface area contributed by atoms with Crippen molar-refractivity contribution in [1.82, 2.24) is 0 Å². The molecule has 0 spiro atoms. The Hall–Kier alpha value is -1.70. The number of nitrogens with one attached hydrogen (secondary N) is 1. The molecule has 3 nitrogen and oxygen atoms in total. The lowest BCUT2D eigenvalue weighted by atomic mass is 10.1. The van der Waals surface area contributed by atoms with Crippen LogP contribution in [0.15, 0.2) is 47.5 Å². The Morgan fingerprint density at radius 1 is 1.17 bits per heavy atom. The number of halogens is 3. The Morgan fingerprint density at radius 3 is 2.38 bits per heavy atom. The van der Waals surface area contributed by atoms with Crippen molar-refractivity contribution in [3.8, 4) is 0 Å². The highest BCUT2D eigenvalue weighted by Crippen LogP contribution is 2.45. The number of nitrogens with zero attached hydrogens (tertiary/aromatic N) is 1. The third-order valence-electron chi connectivity index (χ3n) is 4.07. The van der Waals surface area contributed by atoms with Crippen LogP contribution in [0.1, 0.15) is 30.4 Å². The molecule has 2 unspecified atom stereocenters. The van der Waals surface area contributed by atoms with Crippen LogP contribution < -0.4 is 11.1 Å². The predicted molar refractivity (Wildman–Crippen MR) is 104 cm³/mol. The molecule has 0 radical (unpaired) electrons. The summed E-state index contributed by atoms with van der Waals surface area (Å²) in [5.41, 5.74) is 8.08. The van der Waals surface area contributed by atoms with Crippen LogP contribution in [0.2, 0.25) is 0 Å². The first-order chi connectivity index (χ1) is 11.1.